The third kappa shape index (κ3) is 6.21. The molecule has 0 fully saturated rings. The number of aryl methyl sites for hydroxylation is 1. The SMILES string of the molecule is COP(=O)(COC(C)n1cc(C)c(=O)[nH]c1=O)OCOC(=O)C(C)(C)C. The molecule has 1 aromatic heterocycles. The van der Waals surface area contributed by atoms with Gasteiger partial charge < -0.3 is 14.0 Å². The molecule has 0 radical (unpaired) electrons. The van der Waals surface area contributed by atoms with Gasteiger partial charge in [-0.05, 0) is 34.6 Å². The Morgan fingerprint density at radius 1 is 1.35 bits per heavy atom. The lowest BCUT2D eigenvalue weighted by atomic mass is 9.98. The minimum Gasteiger partial charge on any atom is -0.438 e. The van der Waals surface area contributed by atoms with Crippen molar-refractivity contribution in [2.75, 3.05) is 20.3 Å². The molecule has 2 unspecified atom stereocenters. The van der Waals surface area contributed by atoms with Crippen molar-refractivity contribution in [2.45, 2.75) is 40.8 Å². The van der Waals surface area contributed by atoms with Crippen LogP contribution in [-0.4, -0.2) is 35.8 Å². The van der Waals surface area contributed by atoms with Crippen molar-refractivity contribution in [3.63, 3.8) is 0 Å². The number of rotatable bonds is 8. The Kier molecular flexibility index (Phi) is 7.52. The molecule has 0 saturated heterocycles. The number of H-pyrrole nitrogens is 1. The van der Waals surface area contributed by atoms with Crippen LogP contribution in [0, 0.1) is 12.3 Å². The highest BCUT2D eigenvalue weighted by molar-refractivity contribution is 7.53. The van der Waals surface area contributed by atoms with Crippen molar-refractivity contribution in [3.8, 4) is 0 Å². The Hall–Kier alpha value is -1.74. The number of hydrogen-bond donors (Lipinski definition) is 1. The molecule has 0 aromatic carbocycles. The first kappa shape index (κ1) is 22.3. The fourth-order valence-electron chi connectivity index (χ4n) is 1.66. The zero-order valence-corrected chi connectivity index (χ0v) is 16.6. The molecule has 0 aliphatic carbocycles. The smallest absolute Gasteiger partial charge is 0.358 e. The van der Waals surface area contributed by atoms with Crippen LogP contribution in [0.5, 0.6) is 0 Å². The van der Waals surface area contributed by atoms with Crippen LogP contribution in [0.15, 0.2) is 15.8 Å². The molecule has 0 amide bonds. The number of hydrogen-bond acceptors (Lipinski definition) is 8. The molecule has 0 aliphatic heterocycles. The lowest BCUT2D eigenvalue weighted by Gasteiger charge is -2.21. The highest BCUT2D eigenvalue weighted by Crippen LogP contribution is 2.47. The summed E-state index contributed by atoms with van der Waals surface area (Å²) >= 11 is 0. The molecule has 1 N–H and O–H groups in total. The zero-order chi connectivity index (χ0) is 20.1. The van der Waals surface area contributed by atoms with Gasteiger partial charge in [0.2, 0.25) is 6.79 Å². The van der Waals surface area contributed by atoms with E-state index in [0.717, 1.165) is 11.7 Å². The lowest BCUT2D eigenvalue weighted by molar-refractivity contribution is -0.160. The van der Waals surface area contributed by atoms with E-state index in [1.54, 1.807) is 20.8 Å². The number of aromatic amines is 1. The van der Waals surface area contributed by atoms with Crippen molar-refractivity contribution < 1.29 is 27.9 Å². The summed E-state index contributed by atoms with van der Waals surface area (Å²) in [5.41, 5.74) is -1.57. The molecule has 0 aliphatic rings. The summed E-state index contributed by atoms with van der Waals surface area (Å²) in [6.45, 7) is 7.50. The standard InChI is InChI=1S/C15H25N2O8P/c1-10-7-17(14(20)16-12(10)18)11(2)24-9-26(21,22-6)25-8-23-13(19)15(3,4)5/h7,11H,8-9H2,1-6H3,(H,16,18,20). The van der Waals surface area contributed by atoms with Gasteiger partial charge in [0, 0.05) is 18.9 Å². The van der Waals surface area contributed by atoms with Crippen molar-refractivity contribution in [1.82, 2.24) is 9.55 Å². The third-order valence-corrected chi connectivity index (χ3v) is 4.86. The number of nitrogens with one attached hydrogen (secondary N) is 1. The van der Waals surface area contributed by atoms with Crippen LogP contribution in [0.1, 0.15) is 39.5 Å². The highest BCUT2D eigenvalue weighted by Gasteiger charge is 2.28. The second kappa shape index (κ2) is 8.77. The topological polar surface area (TPSA) is 126 Å². The minimum atomic E-state index is -3.71. The van der Waals surface area contributed by atoms with Crippen molar-refractivity contribution in [3.05, 3.63) is 32.6 Å². The molecule has 148 valence electrons. The normalized spacial score (nSPS) is 15.3. The summed E-state index contributed by atoms with van der Waals surface area (Å²) in [5.74, 6) is -0.523. The average molecular weight is 392 g/mol. The van der Waals surface area contributed by atoms with E-state index in [9.17, 15) is 18.9 Å². The summed E-state index contributed by atoms with van der Waals surface area (Å²) < 4.78 is 33.7. The Bertz CT molecular complexity index is 792. The van der Waals surface area contributed by atoms with E-state index in [-0.39, 0.29) is 0 Å². The molecule has 1 rings (SSSR count). The zero-order valence-electron chi connectivity index (χ0n) is 15.7. The van der Waals surface area contributed by atoms with Gasteiger partial charge in [0.05, 0.1) is 5.41 Å². The van der Waals surface area contributed by atoms with E-state index >= 15 is 0 Å². The number of carbonyl (C=O) groups excluding carboxylic acids is 1. The number of aromatic nitrogens is 2. The van der Waals surface area contributed by atoms with Gasteiger partial charge in [0.15, 0.2) is 6.35 Å². The predicted octanol–water partition coefficient (Wildman–Crippen LogP) is 1.74. The maximum Gasteiger partial charge on any atom is 0.358 e. The second-order valence-electron chi connectivity index (χ2n) is 6.60. The Morgan fingerprint density at radius 3 is 2.50 bits per heavy atom. The first-order valence-corrected chi connectivity index (χ1v) is 9.52. The number of ether oxygens (including phenoxy) is 2. The van der Waals surface area contributed by atoms with E-state index in [1.807, 2.05) is 0 Å². The first-order valence-electron chi connectivity index (χ1n) is 7.80. The Balaban J connectivity index is 2.69. The van der Waals surface area contributed by atoms with E-state index in [0.29, 0.717) is 5.56 Å². The molecule has 11 heteroatoms. The van der Waals surface area contributed by atoms with Gasteiger partial charge in [0.1, 0.15) is 6.23 Å². The van der Waals surface area contributed by atoms with E-state index in [1.165, 1.54) is 20.0 Å². The molecule has 10 nitrogen and oxygen atoms in total. The molecule has 1 heterocycles. The molecule has 0 bridgehead atoms. The number of carbonyl (C=O) groups is 1. The minimum absolute atomic E-state index is 0.320. The fraction of sp³-hybridized carbons (Fsp3) is 0.667. The summed E-state index contributed by atoms with van der Waals surface area (Å²) in [6.07, 6.45) is -0.0000206. The van der Waals surface area contributed by atoms with E-state index in [2.05, 4.69) is 4.98 Å². The largest absolute Gasteiger partial charge is 0.438 e. The summed E-state index contributed by atoms with van der Waals surface area (Å²) in [5, 5.41) is 0. The van der Waals surface area contributed by atoms with E-state index in [4.69, 9.17) is 18.5 Å². The van der Waals surface area contributed by atoms with E-state index < -0.39 is 49.6 Å². The molecule has 0 spiro atoms. The van der Waals surface area contributed by atoms with Gasteiger partial charge >= 0.3 is 19.3 Å². The quantitative estimate of drug-likeness (QED) is 0.403. The average Bonchev–Trinajstić information content (AvgIpc) is 2.55. The summed E-state index contributed by atoms with van der Waals surface area (Å²) in [7, 11) is -2.54. The Morgan fingerprint density at radius 2 is 1.96 bits per heavy atom. The van der Waals surface area contributed by atoms with Crippen LogP contribution < -0.4 is 11.2 Å². The fourth-order valence-corrected chi connectivity index (χ4v) is 2.55. The van der Waals surface area contributed by atoms with Gasteiger partial charge in [-0.2, -0.15) is 0 Å². The highest BCUT2D eigenvalue weighted by atomic mass is 31.2. The Labute approximate surface area is 150 Å². The molecule has 26 heavy (non-hydrogen) atoms. The van der Waals surface area contributed by atoms with Crippen molar-refractivity contribution >= 4 is 13.6 Å². The van der Waals surface area contributed by atoms with Crippen LogP contribution in [-0.2, 0) is 27.9 Å². The van der Waals surface area contributed by atoms with Gasteiger partial charge in [-0.15, -0.1) is 0 Å². The van der Waals surface area contributed by atoms with Gasteiger partial charge in [0.25, 0.3) is 5.56 Å². The third-order valence-electron chi connectivity index (χ3n) is 3.34. The monoisotopic (exact) mass is 392 g/mol. The van der Waals surface area contributed by atoms with Gasteiger partial charge in [-0.3, -0.25) is 28.2 Å². The van der Waals surface area contributed by atoms with Gasteiger partial charge in [-0.1, -0.05) is 0 Å². The van der Waals surface area contributed by atoms with Crippen LogP contribution >= 0.6 is 7.60 Å². The van der Waals surface area contributed by atoms with Crippen LogP contribution in [0.3, 0.4) is 0 Å². The van der Waals surface area contributed by atoms with Crippen molar-refractivity contribution in [1.29, 1.82) is 0 Å². The molecular weight excluding hydrogens is 367 g/mol. The number of nitrogens with zero attached hydrogens (tertiary/aromatic N) is 1. The van der Waals surface area contributed by atoms with Crippen molar-refractivity contribution in [2.24, 2.45) is 5.41 Å². The predicted molar refractivity (Wildman–Crippen MR) is 92.8 cm³/mol. The maximum absolute atomic E-state index is 12.4. The van der Waals surface area contributed by atoms with Crippen LogP contribution in [0.2, 0.25) is 0 Å². The maximum atomic E-state index is 12.4. The van der Waals surface area contributed by atoms with Gasteiger partial charge in [-0.25, -0.2) is 4.79 Å². The molecular formula is C15H25N2O8P. The molecule has 1 aromatic rings. The molecule has 0 saturated carbocycles. The summed E-state index contributed by atoms with van der Waals surface area (Å²) in [6, 6.07) is 0. The first-order chi connectivity index (χ1) is 11.9. The second-order valence-corrected chi connectivity index (χ2v) is 8.70. The molecule has 2 atom stereocenters. The lowest BCUT2D eigenvalue weighted by Crippen LogP contribution is -2.33. The van der Waals surface area contributed by atoms with Crippen LogP contribution in [0.4, 0.5) is 0 Å². The summed E-state index contributed by atoms with van der Waals surface area (Å²) in [4.78, 5) is 37.0. The number of esters is 1. The van der Waals surface area contributed by atoms with Crippen LogP contribution in [0.25, 0.3) is 0 Å².